The van der Waals surface area contributed by atoms with E-state index in [-0.39, 0.29) is 5.92 Å². The van der Waals surface area contributed by atoms with Crippen molar-refractivity contribution in [3.63, 3.8) is 0 Å². The highest BCUT2D eigenvalue weighted by atomic mass is 35.5. The van der Waals surface area contributed by atoms with Crippen LogP contribution in [0.25, 0.3) is 0 Å². The number of hydrogen-bond donors (Lipinski definition) is 0. The first-order valence-electron chi connectivity index (χ1n) is 6.55. The SMILES string of the molecule is N#CC(CC1CCCCC1)c1ccc(Cl)cc1Cl. The molecular formula is C15H17Cl2N. The monoisotopic (exact) mass is 281 g/mol. The lowest BCUT2D eigenvalue weighted by atomic mass is 9.81. The van der Waals surface area contributed by atoms with E-state index in [1.54, 1.807) is 6.07 Å². The first-order valence-corrected chi connectivity index (χ1v) is 7.31. The Morgan fingerprint density at radius 3 is 2.56 bits per heavy atom. The summed E-state index contributed by atoms with van der Waals surface area (Å²) in [5.74, 6) is 0.577. The number of nitriles is 1. The van der Waals surface area contributed by atoms with Gasteiger partial charge in [-0.2, -0.15) is 5.26 Å². The van der Waals surface area contributed by atoms with E-state index < -0.39 is 0 Å². The van der Waals surface area contributed by atoms with E-state index in [4.69, 9.17) is 23.2 Å². The van der Waals surface area contributed by atoms with Crippen molar-refractivity contribution in [3.05, 3.63) is 33.8 Å². The molecule has 0 saturated heterocycles. The maximum Gasteiger partial charge on any atom is 0.0729 e. The van der Waals surface area contributed by atoms with Gasteiger partial charge in [0.05, 0.1) is 12.0 Å². The molecule has 0 N–H and O–H groups in total. The molecule has 3 heteroatoms. The van der Waals surface area contributed by atoms with Crippen LogP contribution in [0.2, 0.25) is 10.0 Å². The highest BCUT2D eigenvalue weighted by Gasteiger charge is 2.21. The number of nitrogens with zero attached hydrogens (tertiary/aromatic N) is 1. The van der Waals surface area contributed by atoms with E-state index in [9.17, 15) is 5.26 Å². The molecule has 96 valence electrons. The number of hydrogen-bond acceptors (Lipinski definition) is 1. The van der Waals surface area contributed by atoms with Gasteiger partial charge in [-0.15, -0.1) is 0 Å². The second-order valence-electron chi connectivity index (χ2n) is 5.09. The predicted molar refractivity (Wildman–Crippen MR) is 76.0 cm³/mol. The molecule has 1 aromatic rings. The van der Waals surface area contributed by atoms with Crippen molar-refractivity contribution in [1.82, 2.24) is 0 Å². The first-order chi connectivity index (χ1) is 8.70. The average molecular weight is 282 g/mol. The molecule has 0 radical (unpaired) electrons. The molecule has 18 heavy (non-hydrogen) atoms. The van der Waals surface area contributed by atoms with Crippen LogP contribution in [-0.2, 0) is 0 Å². The third kappa shape index (κ3) is 3.40. The Hall–Kier alpha value is -0.710. The zero-order valence-electron chi connectivity index (χ0n) is 10.3. The van der Waals surface area contributed by atoms with Crippen LogP contribution >= 0.6 is 23.2 Å². The maximum absolute atomic E-state index is 9.36. The third-order valence-electron chi connectivity index (χ3n) is 3.79. The van der Waals surface area contributed by atoms with Crippen molar-refractivity contribution in [2.24, 2.45) is 5.92 Å². The molecule has 0 aliphatic heterocycles. The molecule has 1 aliphatic carbocycles. The van der Waals surface area contributed by atoms with E-state index >= 15 is 0 Å². The van der Waals surface area contributed by atoms with E-state index in [0.717, 1.165) is 12.0 Å². The van der Waals surface area contributed by atoms with Gasteiger partial charge in [0.2, 0.25) is 0 Å². The summed E-state index contributed by atoms with van der Waals surface area (Å²) in [4.78, 5) is 0. The summed E-state index contributed by atoms with van der Waals surface area (Å²) >= 11 is 12.1. The smallest absolute Gasteiger partial charge is 0.0729 e. The van der Waals surface area contributed by atoms with Gasteiger partial charge in [-0.1, -0.05) is 61.4 Å². The topological polar surface area (TPSA) is 23.8 Å². The zero-order chi connectivity index (χ0) is 13.0. The van der Waals surface area contributed by atoms with Crippen molar-refractivity contribution in [1.29, 1.82) is 5.26 Å². The fourth-order valence-electron chi connectivity index (χ4n) is 2.79. The predicted octanol–water partition coefficient (Wildman–Crippen LogP) is 5.57. The highest BCUT2D eigenvalue weighted by Crippen LogP contribution is 2.35. The van der Waals surface area contributed by atoms with Crippen LogP contribution in [0.1, 0.15) is 50.0 Å². The summed E-state index contributed by atoms with van der Waals surface area (Å²) in [6.45, 7) is 0. The Morgan fingerprint density at radius 2 is 1.94 bits per heavy atom. The van der Waals surface area contributed by atoms with Crippen LogP contribution in [0.15, 0.2) is 18.2 Å². The van der Waals surface area contributed by atoms with Crippen molar-refractivity contribution in [2.75, 3.05) is 0 Å². The van der Waals surface area contributed by atoms with Gasteiger partial charge in [-0.05, 0) is 30.0 Å². The molecule has 1 aromatic carbocycles. The van der Waals surface area contributed by atoms with Crippen molar-refractivity contribution < 1.29 is 0 Å². The lowest BCUT2D eigenvalue weighted by Crippen LogP contribution is -2.10. The van der Waals surface area contributed by atoms with E-state index in [0.29, 0.717) is 16.0 Å². The molecule has 0 aromatic heterocycles. The molecular weight excluding hydrogens is 265 g/mol. The first kappa shape index (κ1) is 13.7. The minimum atomic E-state index is -0.0992. The Morgan fingerprint density at radius 1 is 1.22 bits per heavy atom. The van der Waals surface area contributed by atoms with E-state index in [1.165, 1.54) is 32.1 Å². The molecule has 1 fully saturated rings. The summed E-state index contributed by atoms with van der Waals surface area (Å²) < 4.78 is 0. The summed E-state index contributed by atoms with van der Waals surface area (Å²) in [5, 5.41) is 10.6. The van der Waals surface area contributed by atoms with E-state index in [1.807, 2.05) is 12.1 Å². The van der Waals surface area contributed by atoms with Gasteiger partial charge in [-0.3, -0.25) is 0 Å². The summed E-state index contributed by atoms with van der Waals surface area (Å²) in [7, 11) is 0. The van der Waals surface area contributed by atoms with Crippen molar-refractivity contribution in [3.8, 4) is 6.07 Å². The normalized spacial score (nSPS) is 18.3. The largest absolute Gasteiger partial charge is 0.198 e. The standard InChI is InChI=1S/C15H17Cl2N/c16-13-6-7-14(15(17)9-13)12(10-18)8-11-4-2-1-3-5-11/h6-7,9,11-12H,1-5,8H2. The third-order valence-corrected chi connectivity index (χ3v) is 4.35. The van der Waals surface area contributed by atoms with E-state index in [2.05, 4.69) is 6.07 Å². The molecule has 0 spiro atoms. The van der Waals surface area contributed by atoms with Crippen molar-refractivity contribution >= 4 is 23.2 Å². The highest BCUT2D eigenvalue weighted by molar-refractivity contribution is 6.35. The Labute approximate surface area is 119 Å². The lowest BCUT2D eigenvalue weighted by Gasteiger charge is -2.24. The Kier molecular flexibility index (Phi) is 4.92. The average Bonchev–Trinajstić information content (AvgIpc) is 2.38. The second-order valence-corrected chi connectivity index (χ2v) is 5.93. The lowest BCUT2D eigenvalue weighted by molar-refractivity contribution is 0.331. The molecule has 1 atom stereocenters. The second kappa shape index (κ2) is 6.45. The number of rotatable bonds is 3. The molecule has 2 rings (SSSR count). The van der Waals surface area contributed by atoms with Crippen molar-refractivity contribution in [2.45, 2.75) is 44.4 Å². The fraction of sp³-hybridized carbons (Fsp3) is 0.533. The van der Waals surface area contributed by atoms with Crippen LogP contribution in [0, 0.1) is 17.2 Å². The Balaban J connectivity index is 2.10. The molecule has 1 nitrogen and oxygen atoms in total. The summed E-state index contributed by atoms with van der Waals surface area (Å²) in [6.07, 6.45) is 7.38. The molecule has 1 saturated carbocycles. The minimum absolute atomic E-state index is 0.0992. The number of halogens is 2. The van der Waals surface area contributed by atoms with Gasteiger partial charge in [0, 0.05) is 10.0 Å². The molecule has 1 unspecified atom stereocenters. The van der Waals surface area contributed by atoms with Gasteiger partial charge in [-0.25, -0.2) is 0 Å². The quantitative estimate of drug-likeness (QED) is 0.710. The van der Waals surface area contributed by atoms with Crippen LogP contribution in [0.5, 0.6) is 0 Å². The van der Waals surface area contributed by atoms with Crippen LogP contribution < -0.4 is 0 Å². The molecule has 0 heterocycles. The van der Waals surface area contributed by atoms with Gasteiger partial charge in [0.25, 0.3) is 0 Å². The van der Waals surface area contributed by atoms with Gasteiger partial charge >= 0.3 is 0 Å². The minimum Gasteiger partial charge on any atom is -0.198 e. The maximum atomic E-state index is 9.36. The Bertz CT molecular complexity index is 444. The van der Waals surface area contributed by atoms with Gasteiger partial charge < -0.3 is 0 Å². The summed E-state index contributed by atoms with van der Waals surface area (Å²) in [5.41, 5.74) is 0.925. The fourth-order valence-corrected chi connectivity index (χ4v) is 3.33. The molecule has 0 bridgehead atoms. The zero-order valence-corrected chi connectivity index (χ0v) is 11.8. The van der Waals surface area contributed by atoms with Crippen LogP contribution in [0.3, 0.4) is 0 Å². The summed E-state index contributed by atoms with van der Waals surface area (Å²) in [6, 6.07) is 7.83. The van der Waals surface area contributed by atoms with Crippen LogP contribution in [0.4, 0.5) is 0 Å². The van der Waals surface area contributed by atoms with Crippen LogP contribution in [-0.4, -0.2) is 0 Å². The van der Waals surface area contributed by atoms with Gasteiger partial charge in [0.15, 0.2) is 0 Å². The number of benzene rings is 1. The molecule has 0 amide bonds. The molecule has 1 aliphatic rings. The van der Waals surface area contributed by atoms with Gasteiger partial charge in [0.1, 0.15) is 0 Å².